The van der Waals surface area contributed by atoms with Crippen molar-refractivity contribution in [3.8, 4) is 0 Å². The zero-order valence-electron chi connectivity index (χ0n) is 12.3. The summed E-state index contributed by atoms with van der Waals surface area (Å²) < 4.78 is 0. The average molecular weight is 284 g/mol. The highest BCUT2D eigenvalue weighted by molar-refractivity contribution is 8.00. The number of benzene rings is 2. The maximum atomic E-state index is 12.2. The van der Waals surface area contributed by atoms with E-state index in [1.807, 2.05) is 24.3 Å². The summed E-state index contributed by atoms with van der Waals surface area (Å²) in [6.07, 6.45) is 1.01. The quantitative estimate of drug-likeness (QED) is 0.577. The van der Waals surface area contributed by atoms with E-state index in [0.29, 0.717) is 5.75 Å². The van der Waals surface area contributed by atoms with Crippen LogP contribution in [0.2, 0.25) is 0 Å². The minimum Gasteiger partial charge on any atom is -0.293 e. The molecule has 0 aliphatic rings. The number of carbonyl (C=O) groups is 1. The molecule has 0 radical (unpaired) electrons. The molecule has 2 heteroatoms. The highest BCUT2D eigenvalue weighted by Gasteiger charge is 2.08. The van der Waals surface area contributed by atoms with Crippen molar-refractivity contribution in [2.45, 2.75) is 32.1 Å². The maximum Gasteiger partial charge on any atom is 0.173 e. The third kappa shape index (κ3) is 3.73. The summed E-state index contributed by atoms with van der Waals surface area (Å²) >= 11 is 1.62. The van der Waals surface area contributed by atoms with Gasteiger partial charge in [0, 0.05) is 10.5 Å². The summed E-state index contributed by atoms with van der Waals surface area (Å²) in [5.74, 6) is 0.689. The fourth-order valence-corrected chi connectivity index (χ4v) is 3.03. The molecule has 2 aromatic carbocycles. The molecular formula is C18H20OS. The zero-order chi connectivity index (χ0) is 14.5. The molecule has 2 aromatic rings. The topological polar surface area (TPSA) is 17.1 Å². The van der Waals surface area contributed by atoms with Crippen molar-refractivity contribution in [1.82, 2.24) is 0 Å². The van der Waals surface area contributed by atoms with Crippen molar-refractivity contribution in [3.63, 3.8) is 0 Å². The van der Waals surface area contributed by atoms with Gasteiger partial charge in [-0.1, -0.05) is 48.9 Å². The Kier molecular flexibility index (Phi) is 5.02. The van der Waals surface area contributed by atoms with Crippen molar-refractivity contribution >= 4 is 17.5 Å². The molecule has 0 heterocycles. The Balaban J connectivity index is 2.02. The number of aryl methyl sites for hydroxylation is 3. The number of hydrogen-bond acceptors (Lipinski definition) is 2. The van der Waals surface area contributed by atoms with Gasteiger partial charge in [0.05, 0.1) is 5.75 Å². The van der Waals surface area contributed by atoms with Gasteiger partial charge >= 0.3 is 0 Å². The van der Waals surface area contributed by atoms with Gasteiger partial charge in [-0.15, -0.1) is 11.8 Å². The fourth-order valence-electron chi connectivity index (χ4n) is 2.02. The van der Waals surface area contributed by atoms with Crippen LogP contribution in [0.15, 0.2) is 47.4 Å². The van der Waals surface area contributed by atoms with E-state index in [9.17, 15) is 4.79 Å². The SMILES string of the molecule is CCc1ccc(C(=O)CSc2cc(C)ccc2C)cc1. The largest absolute Gasteiger partial charge is 0.293 e. The third-order valence-corrected chi connectivity index (χ3v) is 4.54. The van der Waals surface area contributed by atoms with E-state index in [0.717, 1.165) is 12.0 Å². The molecule has 0 N–H and O–H groups in total. The van der Waals surface area contributed by atoms with Crippen LogP contribution in [0.3, 0.4) is 0 Å². The van der Waals surface area contributed by atoms with Gasteiger partial charge in [-0.25, -0.2) is 0 Å². The summed E-state index contributed by atoms with van der Waals surface area (Å²) in [4.78, 5) is 13.4. The molecule has 104 valence electrons. The van der Waals surface area contributed by atoms with Crippen LogP contribution in [-0.2, 0) is 6.42 Å². The molecule has 0 bridgehead atoms. The van der Waals surface area contributed by atoms with Gasteiger partial charge in [0.15, 0.2) is 5.78 Å². The lowest BCUT2D eigenvalue weighted by Gasteiger charge is -2.07. The van der Waals surface area contributed by atoms with Crippen molar-refractivity contribution in [2.75, 3.05) is 5.75 Å². The minimum absolute atomic E-state index is 0.193. The summed E-state index contributed by atoms with van der Waals surface area (Å²) in [5, 5.41) is 0. The van der Waals surface area contributed by atoms with Crippen LogP contribution in [0.4, 0.5) is 0 Å². The second-order valence-electron chi connectivity index (χ2n) is 5.03. The Morgan fingerprint density at radius 1 is 1.05 bits per heavy atom. The number of hydrogen-bond donors (Lipinski definition) is 0. The molecule has 0 amide bonds. The average Bonchev–Trinajstić information content (AvgIpc) is 2.48. The Bertz CT molecular complexity index is 599. The number of rotatable bonds is 5. The molecule has 0 aliphatic carbocycles. The molecule has 2 rings (SSSR count). The van der Waals surface area contributed by atoms with Crippen LogP contribution in [-0.4, -0.2) is 11.5 Å². The van der Waals surface area contributed by atoms with E-state index < -0.39 is 0 Å². The summed E-state index contributed by atoms with van der Waals surface area (Å²) in [7, 11) is 0. The second kappa shape index (κ2) is 6.76. The van der Waals surface area contributed by atoms with Crippen LogP contribution in [0.1, 0.15) is 34.0 Å². The van der Waals surface area contributed by atoms with E-state index in [2.05, 4.69) is 39.0 Å². The van der Waals surface area contributed by atoms with E-state index in [-0.39, 0.29) is 5.78 Å². The zero-order valence-corrected chi connectivity index (χ0v) is 13.1. The number of carbonyl (C=O) groups excluding carboxylic acids is 1. The van der Waals surface area contributed by atoms with E-state index in [4.69, 9.17) is 0 Å². The van der Waals surface area contributed by atoms with Crippen LogP contribution in [0, 0.1) is 13.8 Å². The van der Waals surface area contributed by atoms with Gasteiger partial charge < -0.3 is 0 Å². The van der Waals surface area contributed by atoms with Gasteiger partial charge in [0.2, 0.25) is 0 Å². The molecule has 0 saturated heterocycles. The lowest BCUT2D eigenvalue weighted by Crippen LogP contribution is -2.02. The summed E-state index contributed by atoms with van der Waals surface area (Å²) in [6, 6.07) is 14.3. The lowest BCUT2D eigenvalue weighted by molar-refractivity contribution is 0.102. The third-order valence-electron chi connectivity index (χ3n) is 3.39. The first kappa shape index (κ1) is 14.9. The number of ketones is 1. The Labute approximate surface area is 125 Å². The van der Waals surface area contributed by atoms with Crippen molar-refractivity contribution in [1.29, 1.82) is 0 Å². The number of thioether (sulfide) groups is 1. The highest BCUT2D eigenvalue weighted by Crippen LogP contribution is 2.24. The molecular weight excluding hydrogens is 264 g/mol. The first-order chi connectivity index (χ1) is 9.60. The standard InChI is InChI=1S/C18H20OS/c1-4-15-7-9-16(10-8-15)17(19)12-20-18-11-13(2)5-6-14(18)3/h5-11H,4,12H2,1-3H3. The Hall–Kier alpha value is -1.54. The first-order valence-electron chi connectivity index (χ1n) is 6.92. The fraction of sp³-hybridized carbons (Fsp3) is 0.278. The van der Waals surface area contributed by atoms with Crippen LogP contribution in [0.25, 0.3) is 0 Å². The molecule has 0 fully saturated rings. The molecule has 0 spiro atoms. The van der Waals surface area contributed by atoms with Crippen molar-refractivity contribution in [2.24, 2.45) is 0 Å². The van der Waals surface area contributed by atoms with Gasteiger partial charge in [-0.2, -0.15) is 0 Å². The molecule has 20 heavy (non-hydrogen) atoms. The van der Waals surface area contributed by atoms with E-state index in [1.165, 1.54) is 21.6 Å². The van der Waals surface area contributed by atoms with Crippen LogP contribution < -0.4 is 0 Å². The monoisotopic (exact) mass is 284 g/mol. The van der Waals surface area contributed by atoms with Crippen molar-refractivity contribution < 1.29 is 4.79 Å². The normalized spacial score (nSPS) is 10.6. The van der Waals surface area contributed by atoms with E-state index >= 15 is 0 Å². The molecule has 1 nitrogen and oxygen atoms in total. The lowest BCUT2D eigenvalue weighted by atomic mass is 10.1. The summed E-state index contributed by atoms with van der Waals surface area (Å²) in [5.41, 5.74) is 4.54. The highest BCUT2D eigenvalue weighted by atomic mass is 32.2. The Morgan fingerprint density at radius 2 is 1.75 bits per heavy atom. The van der Waals surface area contributed by atoms with Gasteiger partial charge in [-0.05, 0) is 37.5 Å². The van der Waals surface area contributed by atoms with Gasteiger partial charge in [0.1, 0.15) is 0 Å². The second-order valence-corrected chi connectivity index (χ2v) is 6.05. The van der Waals surface area contributed by atoms with Crippen LogP contribution >= 0.6 is 11.8 Å². The maximum absolute atomic E-state index is 12.2. The molecule has 0 aromatic heterocycles. The molecule has 0 aliphatic heterocycles. The van der Waals surface area contributed by atoms with Gasteiger partial charge in [0.25, 0.3) is 0 Å². The van der Waals surface area contributed by atoms with Crippen molar-refractivity contribution in [3.05, 3.63) is 64.7 Å². The van der Waals surface area contributed by atoms with Gasteiger partial charge in [-0.3, -0.25) is 4.79 Å². The Morgan fingerprint density at radius 3 is 2.40 bits per heavy atom. The number of Topliss-reactive ketones (excluding diaryl/α,β-unsaturated/α-hetero) is 1. The predicted octanol–water partition coefficient (Wildman–Crippen LogP) is 4.84. The van der Waals surface area contributed by atoms with E-state index in [1.54, 1.807) is 11.8 Å². The summed E-state index contributed by atoms with van der Waals surface area (Å²) in [6.45, 7) is 6.28. The molecule has 0 unspecified atom stereocenters. The minimum atomic E-state index is 0.193. The first-order valence-corrected chi connectivity index (χ1v) is 7.91. The predicted molar refractivity (Wildman–Crippen MR) is 86.8 cm³/mol. The molecule has 0 saturated carbocycles. The van der Waals surface area contributed by atoms with Crippen LogP contribution in [0.5, 0.6) is 0 Å². The molecule has 0 atom stereocenters. The smallest absolute Gasteiger partial charge is 0.173 e.